The Kier molecular flexibility index (Phi) is 6.13. The number of rotatable bonds is 6. The zero-order valence-electron chi connectivity index (χ0n) is 11.1. The minimum Gasteiger partial charge on any atom is -0.467 e. The average molecular weight is 336 g/mol. The Labute approximate surface area is 127 Å². The number of nitrogens with one attached hydrogen (secondary N) is 1. The maximum absolute atomic E-state index is 12.0. The summed E-state index contributed by atoms with van der Waals surface area (Å²) in [7, 11) is -3.15. The van der Waals surface area contributed by atoms with Crippen molar-refractivity contribution in [2.45, 2.75) is 12.5 Å². The molecule has 116 valence electrons. The van der Waals surface area contributed by atoms with Gasteiger partial charge in [0.1, 0.15) is 6.04 Å². The van der Waals surface area contributed by atoms with Gasteiger partial charge in [0.25, 0.3) is 16.0 Å². The molecule has 21 heavy (non-hydrogen) atoms. The number of carbonyl (C=O) groups is 2. The zero-order chi connectivity index (χ0) is 16.0. The van der Waals surface area contributed by atoms with Gasteiger partial charge in [0.05, 0.1) is 23.4 Å². The van der Waals surface area contributed by atoms with Crippen LogP contribution in [0.25, 0.3) is 0 Å². The fourth-order valence-corrected chi connectivity index (χ4v) is 2.29. The second-order valence-corrected chi connectivity index (χ2v) is 6.08. The number of ether oxygens (including phenoxy) is 1. The third kappa shape index (κ3) is 5.70. The van der Waals surface area contributed by atoms with E-state index < -0.39 is 33.8 Å². The molecule has 0 saturated heterocycles. The highest BCUT2D eigenvalue weighted by molar-refractivity contribution is 7.85. The molecule has 0 fully saturated rings. The van der Waals surface area contributed by atoms with Gasteiger partial charge in [-0.15, -0.1) is 0 Å². The number of methoxy groups -OCH3 is 1. The van der Waals surface area contributed by atoms with E-state index in [1.165, 1.54) is 12.1 Å². The van der Waals surface area contributed by atoms with Crippen molar-refractivity contribution < 1.29 is 27.3 Å². The van der Waals surface area contributed by atoms with E-state index in [1.54, 1.807) is 12.1 Å². The van der Waals surface area contributed by atoms with E-state index in [2.05, 4.69) is 10.1 Å². The molecule has 1 aromatic rings. The van der Waals surface area contributed by atoms with Gasteiger partial charge in [0.15, 0.2) is 0 Å². The molecule has 9 heteroatoms. The lowest BCUT2D eigenvalue weighted by Crippen LogP contribution is -2.42. The van der Waals surface area contributed by atoms with Crippen LogP contribution in [0.5, 0.6) is 0 Å². The van der Waals surface area contributed by atoms with Crippen LogP contribution in [0.2, 0.25) is 5.02 Å². The number of hydrogen-bond donors (Lipinski definition) is 2. The monoisotopic (exact) mass is 335 g/mol. The Morgan fingerprint density at radius 2 is 2.00 bits per heavy atom. The molecule has 1 rings (SSSR count). The Bertz CT molecular complexity index is 630. The maximum Gasteiger partial charge on any atom is 0.328 e. The molecule has 0 spiro atoms. The van der Waals surface area contributed by atoms with Crippen LogP contribution in [-0.2, 0) is 19.6 Å². The summed E-state index contributed by atoms with van der Waals surface area (Å²) in [6, 6.07) is 4.97. The van der Waals surface area contributed by atoms with Crippen molar-refractivity contribution in [3.63, 3.8) is 0 Å². The number of esters is 1. The zero-order valence-corrected chi connectivity index (χ0v) is 12.6. The molecule has 0 aliphatic rings. The highest BCUT2D eigenvalue weighted by Crippen LogP contribution is 2.15. The van der Waals surface area contributed by atoms with Crippen molar-refractivity contribution in [2.75, 3.05) is 12.9 Å². The van der Waals surface area contributed by atoms with E-state index in [0.717, 1.165) is 7.11 Å². The van der Waals surface area contributed by atoms with Crippen molar-refractivity contribution >= 4 is 33.6 Å². The molecule has 0 heterocycles. The van der Waals surface area contributed by atoms with Gasteiger partial charge in [-0.2, -0.15) is 8.42 Å². The minimum atomic E-state index is -4.25. The molecule has 0 aromatic heterocycles. The first-order chi connectivity index (χ1) is 9.74. The van der Waals surface area contributed by atoms with Crippen molar-refractivity contribution in [1.82, 2.24) is 5.32 Å². The Morgan fingerprint density at radius 1 is 1.38 bits per heavy atom. The summed E-state index contributed by atoms with van der Waals surface area (Å²) in [6.07, 6.45) is -0.318. The molecular formula is C12H14ClNO6S. The predicted molar refractivity (Wildman–Crippen MR) is 75.8 cm³/mol. The summed E-state index contributed by atoms with van der Waals surface area (Å²) in [6.45, 7) is 0. The van der Waals surface area contributed by atoms with Gasteiger partial charge in [-0.1, -0.05) is 23.7 Å². The van der Waals surface area contributed by atoms with Crippen LogP contribution < -0.4 is 5.32 Å². The van der Waals surface area contributed by atoms with E-state index in [9.17, 15) is 18.0 Å². The van der Waals surface area contributed by atoms with Gasteiger partial charge in [-0.3, -0.25) is 9.35 Å². The Hall–Kier alpha value is -1.64. The normalized spacial score (nSPS) is 12.5. The number of benzene rings is 1. The molecule has 7 nitrogen and oxygen atoms in total. The minimum absolute atomic E-state index is 0.139. The van der Waals surface area contributed by atoms with Gasteiger partial charge in [0.2, 0.25) is 0 Å². The molecule has 0 aliphatic carbocycles. The molecule has 0 bridgehead atoms. The molecule has 1 amide bonds. The van der Waals surface area contributed by atoms with E-state index in [-0.39, 0.29) is 17.0 Å². The molecule has 0 aliphatic heterocycles. The SMILES string of the molecule is COC(=O)[C@H](CCS(=O)(=O)O)NC(=O)c1ccccc1Cl. The van der Waals surface area contributed by atoms with Crippen LogP contribution in [0.1, 0.15) is 16.8 Å². The van der Waals surface area contributed by atoms with Crippen molar-refractivity contribution in [2.24, 2.45) is 0 Å². The summed E-state index contributed by atoms with van der Waals surface area (Å²) in [4.78, 5) is 23.5. The number of hydrogen-bond acceptors (Lipinski definition) is 5. The predicted octanol–water partition coefficient (Wildman–Crippen LogP) is 0.889. The third-order valence-electron chi connectivity index (χ3n) is 2.57. The summed E-state index contributed by atoms with van der Waals surface area (Å²) >= 11 is 5.85. The van der Waals surface area contributed by atoms with Crippen LogP contribution in [0.3, 0.4) is 0 Å². The smallest absolute Gasteiger partial charge is 0.328 e. The van der Waals surface area contributed by atoms with Gasteiger partial charge >= 0.3 is 5.97 Å². The molecule has 1 atom stereocenters. The summed E-state index contributed by atoms with van der Waals surface area (Å²) in [5, 5.41) is 2.51. The van der Waals surface area contributed by atoms with Crippen LogP contribution in [0, 0.1) is 0 Å². The second kappa shape index (κ2) is 7.39. The lowest BCUT2D eigenvalue weighted by molar-refractivity contribution is -0.142. The summed E-state index contributed by atoms with van der Waals surface area (Å²) in [5.41, 5.74) is 0.139. The second-order valence-electron chi connectivity index (χ2n) is 4.10. The first-order valence-electron chi connectivity index (χ1n) is 5.83. The van der Waals surface area contributed by atoms with Crippen LogP contribution in [-0.4, -0.2) is 43.8 Å². The van der Waals surface area contributed by atoms with E-state index in [4.69, 9.17) is 16.2 Å². The standard InChI is InChI=1S/C12H14ClNO6S/c1-20-12(16)10(6-7-21(17,18)19)14-11(15)8-4-2-3-5-9(8)13/h2-5,10H,6-7H2,1H3,(H,14,15)(H,17,18,19)/t10-/m0/s1. The van der Waals surface area contributed by atoms with Gasteiger partial charge in [-0.25, -0.2) is 4.79 Å². The van der Waals surface area contributed by atoms with Crippen LogP contribution >= 0.6 is 11.6 Å². The van der Waals surface area contributed by atoms with E-state index in [0.29, 0.717) is 0 Å². The topological polar surface area (TPSA) is 110 Å². The highest BCUT2D eigenvalue weighted by Gasteiger charge is 2.24. The molecule has 0 radical (unpaired) electrons. The average Bonchev–Trinajstić information content (AvgIpc) is 2.41. The van der Waals surface area contributed by atoms with Gasteiger partial charge < -0.3 is 10.1 Å². The lowest BCUT2D eigenvalue weighted by atomic mass is 10.1. The molecular weight excluding hydrogens is 322 g/mol. The summed E-state index contributed by atoms with van der Waals surface area (Å²) in [5.74, 6) is -2.15. The largest absolute Gasteiger partial charge is 0.467 e. The molecule has 2 N–H and O–H groups in total. The fraction of sp³-hybridized carbons (Fsp3) is 0.333. The quantitative estimate of drug-likeness (QED) is 0.590. The number of carbonyl (C=O) groups excluding carboxylic acids is 2. The summed E-state index contributed by atoms with van der Waals surface area (Å²) < 4.78 is 34.6. The molecule has 1 aromatic carbocycles. The number of halogens is 1. The van der Waals surface area contributed by atoms with E-state index in [1.807, 2.05) is 0 Å². The van der Waals surface area contributed by atoms with Crippen molar-refractivity contribution in [3.05, 3.63) is 34.9 Å². The van der Waals surface area contributed by atoms with Crippen LogP contribution in [0.15, 0.2) is 24.3 Å². The van der Waals surface area contributed by atoms with Crippen LogP contribution in [0.4, 0.5) is 0 Å². The maximum atomic E-state index is 12.0. The number of amides is 1. The fourth-order valence-electron chi connectivity index (χ4n) is 1.54. The van der Waals surface area contributed by atoms with Gasteiger partial charge in [0, 0.05) is 0 Å². The molecule has 0 saturated carbocycles. The highest BCUT2D eigenvalue weighted by atomic mass is 35.5. The Morgan fingerprint density at radius 3 is 2.52 bits per heavy atom. The lowest BCUT2D eigenvalue weighted by Gasteiger charge is -2.16. The van der Waals surface area contributed by atoms with Crippen molar-refractivity contribution in [1.29, 1.82) is 0 Å². The molecule has 0 unspecified atom stereocenters. The first-order valence-corrected chi connectivity index (χ1v) is 7.81. The first kappa shape index (κ1) is 17.4. The van der Waals surface area contributed by atoms with Gasteiger partial charge in [-0.05, 0) is 18.6 Å². The third-order valence-corrected chi connectivity index (χ3v) is 3.66. The van der Waals surface area contributed by atoms with E-state index >= 15 is 0 Å². The Balaban J connectivity index is 2.84. The van der Waals surface area contributed by atoms with Crippen molar-refractivity contribution in [3.8, 4) is 0 Å².